The Labute approximate surface area is 118 Å². The normalized spacial score (nSPS) is 13.8. The van der Waals surface area contributed by atoms with E-state index in [-0.39, 0.29) is 0 Å². The van der Waals surface area contributed by atoms with Crippen LogP contribution in [0.3, 0.4) is 0 Å². The Morgan fingerprint density at radius 3 is 3.16 bits per heavy atom. The van der Waals surface area contributed by atoms with Gasteiger partial charge >= 0.3 is 0 Å². The molecule has 1 aromatic heterocycles. The zero-order valence-corrected chi connectivity index (χ0v) is 12.0. The Morgan fingerprint density at radius 2 is 2.26 bits per heavy atom. The average molecular weight is 273 g/mol. The highest BCUT2D eigenvalue weighted by molar-refractivity contribution is 7.15. The predicted octanol–water partition coefficient (Wildman–Crippen LogP) is 3.34. The van der Waals surface area contributed by atoms with Gasteiger partial charge < -0.3 is 10.2 Å². The van der Waals surface area contributed by atoms with Gasteiger partial charge in [0.25, 0.3) is 0 Å². The van der Waals surface area contributed by atoms with Crippen LogP contribution < -0.4 is 10.2 Å². The summed E-state index contributed by atoms with van der Waals surface area (Å²) in [6.07, 6.45) is 4.30. The molecule has 1 aromatic carbocycles. The van der Waals surface area contributed by atoms with E-state index >= 15 is 0 Å². The van der Waals surface area contributed by atoms with Crippen molar-refractivity contribution in [3.05, 3.63) is 40.9 Å². The largest absolute Gasteiger partial charge is 0.317 e. The van der Waals surface area contributed by atoms with Crippen LogP contribution in [0.15, 0.2) is 30.5 Å². The average Bonchev–Trinajstić information content (AvgIpc) is 3.05. The summed E-state index contributed by atoms with van der Waals surface area (Å²) in [5, 5.41) is 4.55. The summed E-state index contributed by atoms with van der Waals surface area (Å²) in [4.78, 5) is 8.23. The number of rotatable bonds is 5. The molecule has 0 spiro atoms. The van der Waals surface area contributed by atoms with Crippen LogP contribution in [-0.2, 0) is 13.0 Å². The molecular weight excluding hydrogens is 254 g/mol. The van der Waals surface area contributed by atoms with Crippen LogP contribution in [0.2, 0.25) is 0 Å². The van der Waals surface area contributed by atoms with Gasteiger partial charge in [-0.25, -0.2) is 4.98 Å². The maximum atomic E-state index is 4.58. The van der Waals surface area contributed by atoms with Crippen molar-refractivity contribution >= 4 is 22.2 Å². The molecule has 3 nitrogen and oxygen atoms in total. The fourth-order valence-corrected chi connectivity index (χ4v) is 3.35. The van der Waals surface area contributed by atoms with Gasteiger partial charge in [0.05, 0.1) is 0 Å². The van der Waals surface area contributed by atoms with E-state index in [9.17, 15) is 0 Å². The first kappa shape index (κ1) is 12.6. The molecule has 0 saturated heterocycles. The van der Waals surface area contributed by atoms with Gasteiger partial charge in [-0.2, -0.15) is 0 Å². The monoisotopic (exact) mass is 273 g/mol. The first-order chi connectivity index (χ1) is 9.38. The highest BCUT2D eigenvalue weighted by Crippen LogP contribution is 2.36. The molecular formula is C15H19N3S. The molecule has 4 heteroatoms. The minimum absolute atomic E-state index is 0.932. The first-order valence-electron chi connectivity index (χ1n) is 6.89. The molecule has 2 aromatic rings. The van der Waals surface area contributed by atoms with E-state index in [1.165, 1.54) is 22.5 Å². The molecule has 0 amide bonds. The lowest BCUT2D eigenvalue weighted by atomic mass is 10.2. The maximum Gasteiger partial charge on any atom is 0.190 e. The van der Waals surface area contributed by atoms with E-state index in [0.717, 1.165) is 31.2 Å². The SMILES string of the molecule is CCCNCc1cnc(N2CCc3ccccc32)s1. The van der Waals surface area contributed by atoms with Crippen molar-refractivity contribution in [2.24, 2.45) is 0 Å². The highest BCUT2D eigenvalue weighted by atomic mass is 32.1. The lowest BCUT2D eigenvalue weighted by Gasteiger charge is -2.15. The number of thiazole rings is 1. The van der Waals surface area contributed by atoms with Crippen molar-refractivity contribution in [2.75, 3.05) is 18.0 Å². The van der Waals surface area contributed by atoms with Crippen LogP contribution in [0.25, 0.3) is 0 Å². The Morgan fingerprint density at radius 1 is 1.37 bits per heavy atom. The number of nitrogens with zero attached hydrogens (tertiary/aromatic N) is 2. The Bertz CT molecular complexity index is 550. The Kier molecular flexibility index (Phi) is 3.80. The quantitative estimate of drug-likeness (QED) is 0.847. The zero-order valence-electron chi connectivity index (χ0n) is 11.2. The molecule has 1 N–H and O–H groups in total. The number of para-hydroxylation sites is 1. The van der Waals surface area contributed by atoms with Crippen LogP contribution in [0.4, 0.5) is 10.8 Å². The molecule has 0 atom stereocenters. The number of hydrogen-bond acceptors (Lipinski definition) is 4. The van der Waals surface area contributed by atoms with Gasteiger partial charge in [0.2, 0.25) is 0 Å². The molecule has 0 aliphatic carbocycles. The van der Waals surface area contributed by atoms with Crippen molar-refractivity contribution in [1.29, 1.82) is 0 Å². The van der Waals surface area contributed by atoms with Gasteiger partial charge in [-0.15, -0.1) is 11.3 Å². The first-order valence-corrected chi connectivity index (χ1v) is 7.71. The molecule has 0 radical (unpaired) electrons. The predicted molar refractivity (Wildman–Crippen MR) is 81.3 cm³/mol. The minimum Gasteiger partial charge on any atom is -0.317 e. The van der Waals surface area contributed by atoms with Gasteiger partial charge in [0.15, 0.2) is 5.13 Å². The molecule has 3 rings (SSSR count). The van der Waals surface area contributed by atoms with Crippen LogP contribution >= 0.6 is 11.3 Å². The van der Waals surface area contributed by atoms with Gasteiger partial charge in [0, 0.05) is 29.9 Å². The summed E-state index contributed by atoms with van der Waals surface area (Å²) in [5.41, 5.74) is 2.76. The standard InChI is InChI=1S/C15H19N3S/c1-2-8-16-10-13-11-17-15(19-13)18-9-7-12-5-3-4-6-14(12)18/h3-6,11,16H,2,7-10H2,1H3. The van der Waals surface area contributed by atoms with Gasteiger partial charge in [0.1, 0.15) is 0 Å². The number of hydrogen-bond donors (Lipinski definition) is 1. The number of aromatic nitrogens is 1. The van der Waals surface area contributed by atoms with Crippen molar-refractivity contribution in [2.45, 2.75) is 26.3 Å². The molecule has 100 valence electrons. The van der Waals surface area contributed by atoms with E-state index in [2.05, 4.69) is 46.4 Å². The number of benzene rings is 1. The second kappa shape index (κ2) is 5.72. The lowest BCUT2D eigenvalue weighted by Crippen LogP contribution is -2.13. The fraction of sp³-hybridized carbons (Fsp3) is 0.400. The van der Waals surface area contributed by atoms with Gasteiger partial charge in [-0.3, -0.25) is 0 Å². The number of nitrogens with one attached hydrogen (secondary N) is 1. The lowest BCUT2D eigenvalue weighted by molar-refractivity contribution is 0.681. The summed E-state index contributed by atoms with van der Waals surface area (Å²) in [7, 11) is 0. The van der Waals surface area contributed by atoms with Crippen LogP contribution in [-0.4, -0.2) is 18.1 Å². The molecule has 2 heterocycles. The third kappa shape index (κ3) is 2.65. The van der Waals surface area contributed by atoms with Crippen LogP contribution in [0.5, 0.6) is 0 Å². The Balaban J connectivity index is 1.74. The summed E-state index contributed by atoms with van der Waals surface area (Å²) >= 11 is 1.80. The Hall–Kier alpha value is -1.39. The van der Waals surface area contributed by atoms with Gasteiger partial charge in [-0.05, 0) is 31.0 Å². The van der Waals surface area contributed by atoms with E-state index in [0.29, 0.717) is 0 Å². The third-order valence-electron chi connectivity index (χ3n) is 3.39. The summed E-state index contributed by atoms with van der Waals surface area (Å²) in [5.74, 6) is 0. The highest BCUT2D eigenvalue weighted by Gasteiger charge is 2.21. The zero-order chi connectivity index (χ0) is 13.1. The maximum absolute atomic E-state index is 4.58. The van der Waals surface area contributed by atoms with Crippen molar-refractivity contribution in [3.8, 4) is 0 Å². The topological polar surface area (TPSA) is 28.2 Å². The second-order valence-corrected chi connectivity index (χ2v) is 5.91. The van der Waals surface area contributed by atoms with E-state index in [1.807, 2.05) is 6.20 Å². The molecule has 19 heavy (non-hydrogen) atoms. The number of anilines is 2. The van der Waals surface area contributed by atoms with E-state index < -0.39 is 0 Å². The van der Waals surface area contributed by atoms with Crippen LogP contribution in [0, 0.1) is 0 Å². The van der Waals surface area contributed by atoms with E-state index in [4.69, 9.17) is 0 Å². The van der Waals surface area contributed by atoms with E-state index in [1.54, 1.807) is 11.3 Å². The number of fused-ring (bicyclic) bond motifs is 1. The fourth-order valence-electron chi connectivity index (χ4n) is 2.43. The molecule has 0 unspecified atom stereocenters. The van der Waals surface area contributed by atoms with Crippen molar-refractivity contribution in [3.63, 3.8) is 0 Å². The molecule has 0 fully saturated rings. The smallest absolute Gasteiger partial charge is 0.190 e. The summed E-state index contributed by atoms with van der Waals surface area (Å²) in [6, 6.07) is 8.63. The second-order valence-electron chi connectivity index (χ2n) is 4.82. The molecule has 0 saturated carbocycles. The van der Waals surface area contributed by atoms with Crippen molar-refractivity contribution in [1.82, 2.24) is 10.3 Å². The third-order valence-corrected chi connectivity index (χ3v) is 4.41. The minimum atomic E-state index is 0.932. The molecule has 0 bridgehead atoms. The van der Waals surface area contributed by atoms with Gasteiger partial charge in [-0.1, -0.05) is 25.1 Å². The molecule has 1 aliphatic rings. The summed E-state index contributed by atoms with van der Waals surface area (Å²) in [6.45, 7) is 5.24. The summed E-state index contributed by atoms with van der Waals surface area (Å²) < 4.78 is 0. The van der Waals surface area contributed by atoms with Crippen molar-refractivity contribution < 1.29 is 0 Å². The molecule has 1 aliphatic heterocycles. The van der Waals surface area contributed by atoms with Crippen LogP contribution in [0.1, 0.15) is 23.8 Å².